The van der Waals surface area contributed by atoms with Crippen LogP contribution in [0.1, 0.15) is 34.6 Å². The fourth-order valence-corrected chi connectivity index (χ4v) is 1.81. The third-order valence-electron chi connectivity index (χ3n) is 3.35. The van der Waals surface area contributed by atoms with E-state index in [1.165, 1.54) is 6.07 Å². The van der Waals surface area contributed by atoms with Crippen LogP contribution < -0.4 is 0 Å². The van der Waals surface area contributed by atoms with Gasteiger partial charge in [-0.1, -0.05) is 6.07 Å². The van der Waals surface area contributed by atoms with E-state index in [0.717, 1.165) is 13.2 Å². The number of carbonyl (C=O) groups is 2. The first-order valence-electron chi connectivity index (χ1n) is 8.39. The van der Waals surface area contributed by atoms with Gasteiger partial charge in [0.05, 0.1) is 24.3 Å². The number of carbonyl (C=O) groups excluding carboxylic acids is 2. The molecular weight excluding hydrogens is 328 g/mol. The summed E-state index contributed by atoms with van der Waals surface area (Å²) in [7, 11) is 0. The minimum atomic E-state index is -0.472. The Bertz CT molecular complexity index is 519. The molecule has 2 saturated heterocycles. The van der Waals surface area contributed by atoms with Crippen LogP contribution in [0, 0.1) is 0 Å². The Labute approximate surface area is 147 Å². The average molecular weight is 352 g/mol. The molecule has 0 bridgehead atoms. The maximum atomic E-state index is 11.8. The van der Waals surface area contributed by atoms with Crippen LogP contribution in [-0.4, -0.2) is 63.8 Å². The highest BCUT2D eigenvalue weighted by molar-refractivity contribution is 5.95. The predicted octanol–water partition coefficient (Wildman–Crippen LogP) is 1.84. The molecule has 7 nitrogen and oxygen atoms in total. The molecule has 2 aliphatic heterocycles. The number of benzene rings is 1. The second-order valence-corrected chi connectivity index (χ2v) is 5.47. The summed E-state index contributed by atoms with van der Waals surface area (Å²) in [5, 5.41) is 0. The van der Waals surface area contributed by atoms with E-state index >= 15 is 0 Å². The molecule has 7 heteroatoms. The van der Waals surface area contributed by atoms with Gasteiger partial charge in [0, 0.05) is 13.2 Å². The lowest BCUT2D eigenvalue weighted by molar-refractivity contribution is 0.0474. The van der Waals surface area contributed by atoms with Crippen LogP contribution in [-0.2, 0) is 23.7 Å². The molecule has 0 saturated carbocycles. The normalized spacial score (nSPS) is 20.1. The molecule has 0 aromatic heterocycles. The molecule has 0 amide bonds. The Morgan fingerprint density at radius 3 is 1.72 bits per heavy atom. The highest BCUT2D eigenvalue weighted by atomic mass is 16.6. The lowest BCUT2D eigenvalue weighted by Gasteiger charge is -2.06. The molecule has 138 valence electrons. The van der Waals surface area contributed by atoms with Gasteiger partial charge in [-0.2, -0.15) is 0 Å². The quantitative estimate of drug-likeness (QED) is 0.521. The van der Waals surface area contributed by atoms with E-state index in [9.17, 15) is 9.59 Å². The first kappa shape index (κ1) is 19.4. The molecule has 0 spiro atoms. The van der Waals surface area contributed by atoms with Crippen molar-refractivity contribution < 1.29 is 33.3 Å². The number of esters is 2. The van der Waals surface area contributed by atoms with E-state index in [1.54, 1.807) is 18.2 Å². The van der Waals surface area contributed by atoms with Crippen molar-refractivity contribution in [1.29, 1.82) is 0 Å². The molecule has 0 radical (unpaired) electrons. The number of hydrogen-bond acceptors (Lipinski definition) is 7. The number of ether oxygens (including phenoxy) is 5. The van der Waals surface area contributed by atoms with Crippen molar-refractivity contribution in [3.63, 3.8) is 0 Å². The molecule has 0 aliphatic carbocycles. The number of rotatable bonds is 8. The highest BCUT2D eigenvalue weighted by Crippen LogP contribution is 2.14. The fourth-order valence-electron chi connectivity index (χ4n) is 1.81. The first-order valence-corrected chi connectivity index (χ1v) is 8.39. The molecule has 0 N–H and O–H groups in total. The van der Waals surface area contributed by atoms with Crippen LogP contribution in [0.4, 0.5) is 0 Å². The highest BCUT2D eigenvalue weighted by Gasteiger charge is 2.26. The Balaban J connectivity index is 0.000000399. The van der Waals surface area contributed by atoms with Gasteiger partial charge in [-0.25, -0.2) is 9.59 Å². The minimum Gasteiger partial charge on any atom is -0.459 e. The Kier molecular flexibility index (Phi) is 7.84. The van der Waals surface area contributed by atoms with Gasteiger partial charge in [0.15, 0.2) is 0 Å². The van der Waals surface area contributed by atoms with Crippen molar-refractivity contribution in [2.75, 3.05) is 39.6 Å². The second-order valence-electron chi connectivity index (χ2n) is 5.47. The summed E-state index contributed by atoms with van der Waals surface area (Å²) in [6.07, 6.45) is 0.0382. The molecule has 2 aliphatic rings. The molecular formula is C18H24O7. The van der Waals surface area contributed by atoms with Crippen LogP contribution in [0.15, 0.2) is 24.3 Å². The van der Waals surface area contributed by atoms with E-state index in [0.29, 0.717) is 24.3 Å². The lowest BCUT2D eigenvalue weighted by atomic mass is 10.1. The van der Waals surface area contributed by atoms with E-state index in [4.69, 9.17) is 23.7 Å². The summed E-state index contributed by atoms with van der Waals surface area (Å²) in [6.45, 7) is 7.41. The van der Waals surface area contributed by atoms with Crippen LogP contribution in [0.25, 0.3) is 0 Å². The van der Waals surface area contributed by atoms with E-state index in [2.05, 4.69) is 0 Å². The molecule has 2 unspecified atom stereocenters. The van der Waals surface area contributed by atoms with Gasteiger partial charge in [-0.05, 0) is 32.0 Å². The Morgan fingerprint density at radius 2 is 1.40 bits per heavy atom. The van der Waals surface area contributed by atoms with Crippen molar-refractivity contribution in [2.45, 2.75) is 26.1 Å². The van der Waals surface area contributed by atoms with Gasteiger partial charge in [0.1, 0.15) is 25.4 Å². The largest absolute Gasteiger partial charge is 0.459 e. The van der Waals surface area contributed by atoms with Gasteiger partial charge in [0.25, 0.3) is 0 Å². The Morgan fingerprint density at radius 1 is 0.960 bits per heavy atom. The topological polar surface area (TPSA) is 86.9 Å². The molecule has 2 fully saturated rings. The van der Waals surface area contributed by atoms with Gasteiger partial charge in [-0.15, -0.1) is 0 Å². The van der Waals surface area contributed by atoms with Crippen molar-refractivity contribution in [2.24, 2.45) is 0 Å². The molecule has 2 atom stereocenters. The number of hydrogen-bond donors (Lipinski definition) is 0. The average Bonchev–Trinajstić information content (AvgIpc) is 3.53. The Hall–Kier alpha value is -1.96. The van der Waals surface area contributed by atoms with Crippen molar-refractivity contribution in [1.82, 2.24) is 0 Å². The lowest BCUT2D eigenvalue weighted by Crippen LogP contribution is -2.13. The summed E-state index contributed by atoms with van der Waals surface area (Å²) >= 11 is 0. The smallest absolute Gasteiger partial charge is 0.338 e. The zero-order valence-electron chi connectivity index (χ0n) is 14.6. The third-order valence-corrected chi connectivity index (χ3v) is 3.35. The zero-order chi connectivity index (χ0) is 18.1. The maximum absolute atomic E-state index is 11.8. The first-order chi connectivity index (χ1) is 12.1. The SMILES string of the molecule is CCOCC.O=C(OCC1CO1)c1cccc(C(=O)OCC2CO2)c1. The molecule has 2 heterocycles. The maximum Gasteiger partial charge on any atom is 0.338 e. The monoisotopic (exact) mass is 352 g/mol. The molecule has 25 heavy (non-hydrogen) atoms. The van der Waals surface area contributed by atoms with E-state index in [1.807, 2.05) is 13.8 Å². The van der Waals surface area contributed by atoms with Crippen LogP contribution >= 0.6 is 0 Å². The van der Waals surface area contributed by atoms with Crippen molar-refractivity contribution in [3.05, 3.63) is 35.4 Å². The van der Waals surface area contributed by atoms with Gasteiger partial charge >= 0.3 is 11.9 Å². The minimum absolute atomic E-state index is 0.0191. The summed E-state index contributed by atoms with van der Waals surface area (Å²) in [4.78, 5) is 23.6. The van der Waals surface area contributed by atoms with E-state index in [-0.39, 0.29) is 25.4 Å². The van der Waals surface area contributed by atoms with Crippen molar-refractivity contribution in [3.8, 4) is 0 Å². The molecule has 3 rings (SSSR count). The van der Waals surface area contributed by atoms with Gasteiger partial charge in [0.2, 0.25) is 0 Å². The van der Waals surface area contributed by atoms with Gasteiger partial charge < -0.3 is 23.7 Å². The van der Waals surface area contributed by atoms with Gasteiger partial charge in [-0.3, -0.25) is 0 Å². The third kappa shape index (κ3) is 7.64. The zero-order valence-corrected chi connectivity index (χ0v) is 14.6. The summed E-state index contributed by atoms with van der Waals surface area (Å²) in [5.74, 6) is -0.943. The van der Waals surface area contributed by atoms with Crippen molar-refractivity contribution >= 4 is 11.9 Å². The molecule has 1 aromatic carbocycles. The summed E-state index contributed by atoms with van der Waals surface area (Å²) in [5.41, 5.74) is 0.644. The van der Waals surface area contributed by atoms with Crippen LogP contribution in [0.2, 0.25) is 0 Å². The standard InChI is InChI=1S/C14H14O6.C4H10O/c15-13(19-7-11-5-17-11)9-2-1-3-10(4-9)14(16)20-8-12-6-18-12;1-3-5-4-2/h1-4,11-12H,5-8H2;3-4H2,1-2H3. The van der Waals surface area contributed by atoms with E-state index < -0.39 is 11.9 Å². The second kappa shape index (κ2) is 10.1. The van der Waals surface area contributed by atoms with Crippen LogP contribution in [0.3, 0.4) is 0 Å². The predicted molar refractivity (Wildman–Crippen MR) is 88.7 cm³/mol. The fraction of sp³-hybridized carbons (Fsp3) is 0.556. The number of epoxide rings is 2. The molecule has 1 aromatic rings. The summed E-state index contributed by atoms with van der Waals surface area (Å²) in [6, 6.07) is 6.27. The van der Waals surface area contributed by atoms with Crippen LogP contribution in [0.5, 0.6) is 0 Å². The summed E-state index contributed by atoms with van der Waals surface area (Å²) < 4.78 is 24.9.